The number of amides is 1. The van der Waals surface area contributed by atoms with E-state index < -0.39 is 0 Å². The summed E-state index contributed by atoms with van der Waals surface area (Å²) in [5.41, 5.74) is 1.89. The summed E-state index contributed by atoms with van der Waals surface area (Å²) in [5.74, 6) is 1.08. The van der Waals surface area contributed by atoms with E-state index in [-0.39, 0.29) is 5.91 Å². The van der Waals surface area contributed by atoms with Crippen LogP contribution < -0.4 is 10.1 Å². The van der Waals surface area contributed by atoms with Gasteiger partial charge in [-0.2, -0.15) is 0 Å². The molecule has 28 heavy (non-hydrogen) atoms. The van der Waals surface area contributed by atoms with Crippen LogP contribution in [0.2, 0.25) is 0 Å². The van der Waals surface area contributed by atoms with Crippen LogP contribution in [0, 0.1) is 0 Å². The van der Waals surface area contributed by atoms with E-state index in [1.54, 1.807) is 0 Å². The molecule has 4 nitrogen and oxygen atoms in total. The minimum atomic E-state index is -0.182. The Morgan fingerprint density at radius 3 is 2.71 bits per heavy atom. The molecule has 0 radical (unpaired) electrons. The fourth-order valence-electron chi connectivity index (χ4n) is 3.48. The SMILES string of the molecule is CCOc1ccccc1CCCNC(=O)c1cc2c(ccc3ccccc32)o1. The topological polar surface area (TPSA) is 51.5 Å². The van der Waals surface area contributed by atoms with Crippen LogP contribution in [0.4, 0.5) is 0 Å². The van der Waals surface area contributed by atoms with Crippen LogP contribution in [-0.2, 0) is 6.42 Å². The zero-order valence-electron chi connectivity index (χ0n) is 15.9. The fraction of sp³-hybridized carbons (Fsp3) is 0.208. The van der Waals surface area contributed by atoms with Crippen LogP contribution in [0.15, 0.2) is 71.1 Å². The molecule has 4 rings (SSSR count). The number of aryl methyl sites for hydroxylation is 1. The van der Waals surface area contributed by atoms with Gasteiger partial charge >= 0.3 is 0 Å². The molecule has 0 atom stereocenters. The van der Waals surface area contributed by atoms with Gasteiger partial charge in [0.25, 0.3) is 5.91 Å². The number of hydrogen-bond donors (Lipinski definition) is 1. The van der Waals surface area contributed by atoms with Crippen LogP contribution in [-0.4, -0.2) is 19.1 Å². The molecule has 142 valence electrons. The summed E-state index contributed by atoms with van der Waals surface area (Å²) >= 11 is 0. The van der Waals surface area contributed by atoms with Gasteiger partial charge < -0.3 is 14.5 Å². The molecule has 0 aliphatic heterocycles. The first-order chi connectivity index (χ1) is 13.8. The molecule has 0 saturated heterocycles. The van der Waals surface area contributed by atoms with Crippen molar-refractivity contribution < 1.29 is 13.9 Å². The Balaban J connectivity index is 1.40. The average molecular weight is 373 g/mol. The lowest BCUT2D eigenvalue weighted by atomic mass is 10.1. The summed E-state index contributed by atoms with van der Waals surface area (Å²) in [4.78, 5) is 12.5. The van der Waals surface area contributed by atoms with Gasteiger partial charge in [0.1, 0.15) is 11.3 Å². The fourth-order valence-corrected chi connectivity index (χ4v) is 3.48. The standard InChI is InChI=1S/C24H23NO3/c1-2-27-21-12-6-4-9-18(21)10-7-15-25-24(26)23-16-20-19-11-5-3-8-17(19)13-14-22(20)28-23/h3-6,8-9,11-14,16H,2,7,10,15H2,1H3,(H,25,26). The summed E-state index contributed by atoms with van der Waals surface area (Å²) < 4.78 is 11.4. The van der Waals surface area contributed by atoms with Crippen molar-refractivity contribution in [1.82, 2.24) is 5.32 Å². The van der Waals surface area contributed by atoms with Gasteiger partial charge in [0.2, 0.25) is 0 Å². The van der Waals surface area contributed by atoms with E-state index in [2.05, 4.69) is 17.4 Å². The number of carbonyl (C=O) groups excluding carboxylic acids is 1. The van der Waals surface area contributed by atoms with Gasteiger partial charge in [-0.1, -0.05) is 48.5 Å². The molecule has 1 aromatic heterocycles. The van der Waals surface area contributed by atoms with Gasteiger partial charge in [0, 0.05) is 11.9 Å². The number of hydrogen-bond acceptors (Lipinski definition) is 3. The quantitative estimate of drug-likeness (QED) is 0.445. The highest BCUT2D eigenvalue weighted by atomic mass is 16.5. The van der Waals surface area contributed by atoms with Crippen molar-refractivity contribution in [3.8, 4) is 5.75 Å². The Morgan fingerprint density at radius 1 is 1.00 bits per heavy atom. The molecule has 0 aliphatic rings. The third-order valence-corrected chi connectivity index (χ3v) is 4.83. The van der Waals surface area contributed by atoms with Gasteiger partial charge in [-0.15, -0.1) is 0 Å². The summed E-state index contributed by atoms with van der Waals surface area (Å²) in [5, 5.41) is 6.15. The normalized spacial score (nSPS) is 11.0. The molecule has 0 aliphatic carbocycles. The number of benzene rings is 3. The minimum Gasteiger partial charge on any atom is -0.494 e. The maximum Gasteiger partial charge on any atom is 0.287 e. The van der Waals surface area contributed by atoms with Gasteiger partial charge in [-0.25, -0.2) is 0 Å². The monoisotopic (exact) mass is 373 g/mol. The number of carbonyl (C=O) groups is 1. The zero-order valence-corrected chi connectivity index (χ0v) is 15.9. The molecule has 4 aromatic rings. The summed E-state index contributed by atoms with van der Waals surface area (Å²) in [6, 6.07) is 21.9. The second-order valence-corrected chi connectivity index (χ2v) is 6.71. The van der Waals surface area contributed by atoms with Gasteiger partial charge in [0.05, 0.1) is 6.61 Å². The van der Waals surface area contributed by atoms with E-state index in [0.717, 1.165) is 45.9 Å². The van der Waals surface area contributed by atoms with E-state index in [4.69, 9.17) is 9.15 Å². The number of furan rings is 1. The van der Waals surface area contributed by atoms with E-state index in [1.807, 2.05) is 61.5 Å². The lowest BCUT2D eigenvalue weighted by Crippen LogP contribution is -2.24. The average Bonchev–Trinajstić information content (AvgIpc) is 3.17. The number of nitrogens with one attached hydrogen (secondary N) is 1. The Hall–Kier alpha value is -3.27. The molecular weight excluding hydrogens is 350 g/mol. The van der Waals surface area contributed by atoms with Gasteiger partial charge in [-0.3, -0.25) is 4.79 Å². The number of para-hydroxylation sites is 1. The Labute approximate surface area is 164 Å². The van der Waals surface area contributed by atoms with Crippen molar-refractivity contribution in [1.29, 1.82) is 0 Å². The van der Waals surface area contributed by atoms with Crippen molar-refractivity contribution in [3.05, 3.63) is 78.1 Å². The molecule has 1 amide bonds. The Kier molecular flexibility index (Phi) is 5.29. The second-order valence-electron chi connectivity index (χ2n) is 6.71. The molecule has 1 heterocycles. The van der Waals surface area contributed by atoms with E-state index in [0.29, 0.717) is 18.9 Å². The second kappa shape index (κ2) is 8.17. The molecule has 3 aromatic carbocycles. The van der Waals surface area contributed by atoms with E-state index in [1.165, 1.54) is 0 Å². The number of rotatable bonds is 7. The first-order valence-electron chi connectivity index (χ1n) is 9.66. The van der Waals surface area contributed by atoms with Crippen LogP contribution in [0.5, 0.6) is 5.75 Å². The maximum absolute atomic E-state index is 12.5. The lowest BCUT2D eigenvalue weighted by Gasteiger charge is -2.10. The molecule has 1 N–H and O–H groups in total. The van der Waals surface area contributed by atoms with Crippen molar-refractivity contribution in [2.24, 2.45) is 0 Å². The zero-order chi connectivity index (χ0) is 19.3. The third kappa shape index (κ3) is 3.72. The predicted octanol–water partition coefficient (Wildman–Crippen LogP) is 5.35. The smallest absolute Gasteiger partial charge is 0.287 e. The highest BCUT2D eigenvalue weighted by Gasteiger charge is 2.13. The molecule has 4 heteroatoms. The molecular formula is C24H23NO3. The summed E-state index contributed by atoms with van der Waals surface area (Å²) in [6.07, 6.45) is 1.68. The number of fused-ring (bicyclic) bond motifs is 3. The summed E-state index contributed by atoms with van der Waals surface area (Å²) in [7, 11) is 0. The first kappa shape index (κ1) is 18.1. The maximum atomic E-state index is 12.5. The van der Waals surface area contributed by atoms with E-state index >= 15 is 0 Å². The Bertz CT molecular complexity index is 1110. The third-order valence-electron chi connectivity index (χ3n) is 4.83. The van der Waals surface area contributed by atoms with E-state index in [9.17, 15) is 4.79 Å². The molecule has 0 unspecified atom stereocenters. The highest BCUT2D eigenvalue weighted by Crippen LogP contribution is 2.28. The van der Waals surface area contributed by atoms with Crippen LogP contribution >= 0.6 is 0 Å². The van der Waals surface area contributed by atoms with Crippen LogP contribution in [0.1, 0.15) is 29.5 Å². The molecule has 0 fully saturated rings. The lowest BCUT2D eigenvalue weighted by molar-refractivity contribution is 0.0927. The minimum absolute atomic E-state index is 0.182. The molecule has 0 bridgehead atoms. The van der Waals surface area contributed by atoms with Gasteiger partial charge in [-0.05, 0) is 54.3 Å². The Morgan fingerprint density at radius 2 is 1.82 bits per heavy atom. The number of ether oxygens (including phenoxy) is 1. The van der Waals surface area contributed by atoms with Gasteiger partial charge in [0.15, 0.2) is 5.76 Å². The predicted molar refractivity (Wildman–Crippen MR) is 112 cm³/mol. The first-order valence-corrected chi connectivity index (χ1v) is 9.66. The van der Waals surface area contributed by atoms with Crippen molar-refractivity contribution >= 4 is 27.6 Å². The van der Waals surface area contributed by atoms with Crippen LogP contribution in [0.25, 0.3) is 21.7 Å². The van der Waals surface area contributed by atoms with Crippen molar-refractivity contribution in [2.45, 2.75) is 19.8 Å². The molecule has 0 spiro atoms. The van der Waals surface area contributed by atoms with Crippen molar-refractivity contribution in [2.75, 3.05) is 13.2 Å². The van der Waals surface area contributed by atoms with Crippen LogP contribution in [0.3, 0.4) is 0 Å². The van der Waals surface area contributed by atoms with Crippen molar-refractivity contribution in [3.63, 3.8) is 0 Å². The largest absolute Gasteiger partial charge is 0.494 e. The highest BCUT2D eigenvalue weighted by molar-refractivity contribution is 6.08. The molecule has 0 saturated carbocycles. The summed E-state index contributed by atoms with van der Waals surface area (Å²) in [6.45, 7) is 3.21.